The Bertz CT molecular complexity index is 941. The van der Waals surface area contributed by atoms with Crippen LogP contribution in [0, 0.1) is 0 Å². The average Bonchev–Trinajstić information content (AvgIpc) is 2.77. The predicted molar refractivity (Wildman–Crippen MR) is 120 cm³/mol. The van der Waals surface area contributed by atoms with Gasteiger partial charge >= 0.3 is 0 Å². The van der Waals surface area contributed by atoms with E-state index in [-0.39, 0.29) is 11.5 Å². The highest BCUT2D eigenvalue weighted by atomic mass is 16.5. The SMILES string of the molecule is CCc1ccc(Oc2ccccc2Oc2ccc(CC)c(CC)c2O)c(O)c1CC. The van der Waals surface area contributed by atoms with Crippen molar-refractivity contribution >= 4 is 0 Å². The molecule has 0 spiro atoms. The summed E-state index contributed by atoms with van der Waals surface area (Å²) in [5.41, 5.74) is 4.02. The minimum Gasteiger partial charge on any atom is -0.504 e. The standard InChI is InChI=1S/C26H30O4/c1-5-17-13-15-23(25(27)19(17)7-3)29-21-11-9-10-12-22(21)30-24-16-14-18(6-2)20(8-4)26(24)28/h9-16,27-28H,5-8H2,1-4H3. The summed E-state index contributed by atoms with van der Waals surface area (Å²) >= 11 is 0. The van der Waals surface area contributed by atoms with Gasteiger partial charge in [-0.1, -0.05) is 52.0 Å². The van der Waals surface area contributed by atoms with Crippen molar-refractivity contribution < 1.29 is 19.7 Å². The van der Waals surface area contributed by atoms with E-state index in [1.165, 1.54) is 0 Å². The number of aryl methyl sites for hydroxylation is 2. The summed E-state index contributed by atoms with van der Waals surface area (Å²) in [6.07, 6.45) is 3.15. The molecular formula is C26H30O4. The lowest BCUT2D eigenvalue weighted by molar-refractivity contribution is 0.373. The number of benzene rings is 3. The van der Waals surface area contributed by atoms with E-state index in [4.69, 9.17) is 9.47 Å². The van der Waals surface area contributed by atoms with Gasteiger partial charge in [-0.15, -0.1) is 0 Å². The number of ether oxygens (including phenoxy) is 2. The highest BCUT2D eigenvalue weighted by Gasteiger charge is 2.17. The summed E-state index contributed by atoms with van der Waals surface area (Å²) in [6, 6.07) is 14.8. The molecule has 2 N–H and O–H groups in total. The first-order valence-corrected chi connectivity index (χ1v) is 10.7. The van der Waals surface area contributed by atoms with Crippen molar-refractivity contribution in [2.75, 3.05) is 0 Å². The highest BCUT2D eigenvalue weighted by molar-refractivity contribution is 5.55. The zero-order valence-corrected chi connectivity index (χ0v) is 18.2. The van der Waals surface area contributed by atoms with Crippen LogP contribution in [0.5, 0.6) is 34.5 Å². The van der Waals surface area contributed by atoms with Crippen LogP contribution in [0.25, 0.3) is 0 Å². The van der Waals surface area contributed by atoms with E-state index in [0.717, 1.165) is 47.9 Å². The fraction of sp³-hybridized carbons (Fsp3) is 0.308. The fourth-order valence-electron chi connectivity index (χ4n) is 3.79. The van der Waals surface area contributed by atoms with Crippen molar-refractivity contribution in [3.8, 4) is 34.5 Å². The molecule has 30 heavy (non-hydrogen) atoms. The van der Waals surface area contributed by atoms with Gasteiger partial charge in [-0.25, -0.2) is 0 Å². The van der Waals surface area contributed by atoms with Gasteiger partial charge in [0.15, 0.2) is 34.5 Å². The molecule has 0 bridgehead atoms. The molecule has 0 atom stereocenters. The zero-order valence-electron chi connectivity index (χ0n) is 18.2. The number of aromatic hydroxyl groups is 2. The Kier molecular flexibility index (Phi) is 6.88. The summed E-state index contributed by atoms with van der Waals surface area (Å²) < 4.78 is 12.1. The van der Waals surface area contributed by atoms with Gasteiger partial charge in [-0.3, -0.25) is 0 Å². The molecule has 0 amide bonds. The van der Waals surface area contributed by atoms with Crippen LogP contribution in [0.15, 0.2) is 48.5 Å². The van der Waals surface area contributed by atoms with Crippen LogP contribution in [0.1, 0.15) is 49.9 Å². The third-order valence-electron chi connectivity index (χ3n) is 5.44. The molecule has 4 heteroatoms. The van der Waals surface area contributed by atoms with Crippen LogP contribution in [-0.4, -0.2) is 10.2 Å². The zero-order chi connectivity index (χ0) is 21.7. The lowest BCUT2D eigenvalue weighted by Crippen LogP contribution is -1.97. The first kappa shape index (κ1) is 21.6. The minimum absolute atomic E-state index is 0.162. The van der Waals surface area contributed by atoms with Gasteiger partial charge in [0.1, 0.15) is 0 Å². The van der Waals surface area contributed by atoms with Crippen LogP contribution in [0.2, 0.25) is 0 Å². The maximum Gasteiger partial charge on any atom is 0.170 e. The fourth-order valence-corrected chi connectivity index (χ4v) is 3.79. The topological polar surface area (TPSA) is 58.9 Å². The molecule has 3 aromatic carbocycles. The van der Waals surface area contributed by atoms with E-state index in [2.05, 4.69) is 13.8 Å². The molecule has 0 saturated heterocycles. The van der Waals surface area contributed by atoms with E-state index < -0.39 is 0 Å². The molecule has 158 valence electrons. The van der Waals surface area contributed by atoms with E-state index in [1.54, 1.807) is 24.3 Å². The number of para-hydroxylation sites is 2. The minimum atomic E-state index is 0.162. The molecule has 0 aliphatic heterocycles. The van der Waals surface area contributed by atoms with Gasteiger partial charge in [0.05, 0.1) is 0 Å². The largest absolute Gasteiger partial charge is 0.504 e. The molecule has 0 aliphatic carbocycles. The Balaban J connectivity index is 1.95. The Morgan fingerprint density at radius 1 is 0.533 bits per heavy atom. The second-order valence-corrected chi connectivity index (χ2v) is 7.17. The maximum absolute atomic E-state index is 10.7. The summed E-state index contributed by atoms with van der Waals surface area (Å²) in [5, 5.41) is 21.4. The van der Waals surface area contributed by atoms with E-state index in [9.17, 15) is 10.2 Å². The molecule has 0 aromatic heterocycles. The molecule has 0 heterocycles. The Morgan fingerprint density at radius 2 is 0.933 bits per heavy atom. The summed E-state index contributed by atoms with van der Waals surface area (Å²) in [6.45, 7) is 8.17. The molecule has 0 saturated carbocycles. The van der Waals surface area contributed by atoms with Gasteiger partial charge in [-0.2, -0.15) is 0 Å². The number of hydrogen-bond donors (Lipinski definition) is 2. The van der Waals surface area contributed by atoms with Crippen LogP contribution in [0.4, 0.5) is 0 Å². The van der Waals surface area contributed by atoms with Crippen molar-refractivity contribution in [3.63, 3.8) is 0 Å². The van der Waals surface area contributed by atoms with Gasteiger partial charge in [0.2, 0.25) is 0 Å². The van der Waals surface area contributed by atoms with E-state index >= 15 is 0 Å². The summed E-state index contributed by atoms with van der Waals surface area (Å²) in [4.78, 5) is 0. The van der Waals surface area contributed by atoms with Gasteiger partial charge < -0.3 is 19.7 Å². The van der Waals surface area contributed by atoms with Crippen molar-refractivity contribution in [2.24, 2.45) is 0 Å². The highest BCUT2D eigenvalue weighted by Crippen LogP contribution is 2.42. The molecule has 4 nitrogen and oxygen atoms in total. The average molecular weight is 407 g/mol. The molecule has 3 aromatic rings. The van der Waals surface area contributed by atoms with E-state index in [0.29, 0.717) is 23.0 Å². The summed E-state index contributed by atoms with van der Waals surface area (Å²) in [5.74, 6) is 2.04. The number of rotatable bonds is 8. The van der Waals surface area contributed by atoms with Crippen molar-refractivity contribution in [2.45, 2.75) is 53.4 Å². The van der Waals surface area contributed by atoms with E-state index in [1.807, 2.05) is 38.1 Å². The lowest BCUT2D eigenvalue weighted by Gasteiger charge is -2.17. The smallest absolute Gasteiger partial charge is 0.170 e. The Hall–Kier alpha value is -3.14. The van der Waals surface area contributed by atoms with Crippen molar-refractivity contribution in [1.82, 2.24) is 0 Å². The molecular weight excluding hydrogens is 376 g/mol. The van der Waals surface area contributed by atoms with Crippen molar-refractivity contribution in [1.29, 1.82) is 0 Å². The Labute approximate surface area is 178 Å². The quantitative estimate of drug-likeness (QED) is 0.426. The predicted octanol–water partition coefficient (Wildman–Crippen LogP) is 6.93. The monoisotopic (exact) mass is 406 g/mol. The third-order valence-corrected chi connectivity index (χ3v) is 5.44. The first-order chi connectivity index (χ1) is 14.5. The number of phenols is 2. The van der Waals surface area contributed by atoms with Gasteiger partial charge in [-0.05, 0) is 61.1 Å². The first-order valence-electron chi connectivity index (χ1n) is 10.7. The summed E-state index contributed by atoms with van der Waals surface area (Å²) in [7, 11) is 0. The molecule has 0 aliphatic rings. The second kappa shape index (κ2) is 9.57. The molecule has 0 unspecified atom stereocenters. The molecule has 3 rings (SSSR count). The Morgan fingerprint density at radius 3 is 1.27 bits per heavy atom. The molecule has 0 fully saturated rings. The maximum atomic E-state index is 10.7. The van der Waals surface area contributed by atoms with Crippen LogP contribution in [-0.2, 0) is 25.7 Å². The number of phenolic OH excluding ortho intramolecular Hbond substituents is 2. The van der Waals surface area contributed by atoms with Crippen LogP contribution in [0.3, 0.4) is 0 Å². The molecule has 0 radical (unpaired) electrons. The normalized spacial score (nSPS) is 10.8. The van der Waals surface area contributed by atoms with Crippen LogP contribution < -0.4 is 9.47 Å². The van der Waals surface area contributed by atoms with Crippen LogP contribution >= 0.6 is 0 Å². The van der Waals surface area contributed by atoms with Gasteiger partial charge in [0, 0.05) is 11.1 Å². The van der Waals surface area contributed by atoms with Crippen molar-refractivity contribution in [3.05, 3.63) is 70.8 Å². The second-order valence-electron chi connectivity index (χ2n) is 7.17. The number of hydrogen-bond acceptors (Lipinski definition) is 4. The van der Waals surface area contributed by atoms with Gasteiger partial charge in [0.25, 0.3) is 0 Å². The lowest BCUT2D eigenvalue weighted by atomic mass is 10.0. The third kappa shape index (κ3) is 4.23.